The average Bonchev–Trinajstić information content (AvgIpc) is 3.14. The Morgan fingerprint density at radius 2 is 2.04 bits per heavy atom. The zero-order valence-corrected chi connectivity index (χ0v) is 15.9. The van der Waals surface area contributed by atoms with Gasteiger partial charge in [0.2, 0.25) is 0 Å². The number of aromatic nitrogens is 3. The molecule has 1 saturated heterocycles. The Morgan fingerprint density at radius 3 is 2.77 bits per heavy atom. The first-order chi connectivity index (χ1) is 12.5. The Bertz CT molecular complexity index is 846. The zero-order valence-electron chi connectivity index (χ0n) is 15.9. The number of ether oxygens (including phenoxy) is 1. The van der Waals surface area contributed by atoms with E-state index in [4.69, 9.17) is 4.74 Å². The molecule has 2 aromatic rings. The maximum Gasteiger partial charge on any atom is 0.345 e. The van der Waals surface area contributed by atoms with E-state index in [9.17, 15) is 4.79 Å². The summed E-state index contributed by atoms with van der Waals surface area (Å²) in [5.41, 5.74) is 2.70. The van der Waals surface area contributed by atoms with Gasteiger partial charge in [0.25, 0.3) is 0 Å². The van der Waals surface area contributed by atoms with Crippen LogP contribution in [-0.4, -0.2) is 38.4 Å². The molecule has 1 aromatic heterocycles. The number of rotatable bonds is 4. The summed E-state index contributed by atoms with van der Waals surface area (Å²) in [7, 11) is 1.74. The molecule has 0 saturated carbocycles. The maximum absolute atomic E-state index is 12.1. The smallest absolute Gasteiger partial charge is 0.345 e. The van der Waals surface area contributed by atoms with Gasteiger partial charge in [0, 0.05) is 32.5 Å². The second-order valence-corrected chi connectivity index (χ2v) is 7.63. The van der Waals surface area contributed by atoms with Crippen LogP contribution in [0.2, 0.25) is 0 Å². The molecule has 140 valence electrons. The maximum atomic E-state index is 12.1. The third kappa shape index (κ3) is 3.18. The van der Waals surface area contributed by atoms with Crippen molar-refractivity contribution in [1.29, 1.82) is 0 Å². The molecule has 0 amide bonds. The number of hydrogen-bond donors (Lipinski definition) is 0. The van der Waals surface area contributed by atoms with Crippen molar-refractivity contribution < 1.29 is 4.74 Å². The molecular weight excluding hydrogens is 328 g/mol. The lowest BCUT2D eigenvalue weighted by molar-refractivity contribution is 0.200. The van der Waals surface area contributed by atoms with Crippen molar-refractivity contribution in [3.63, 3.8) is 0 Å². The number of likely N-dealkylation sites (tertiary alicyclic amines) is 1. The minimum absolute atomic E-state index is 0.000446. The average molecular weight is 356 g/mol. The van der Waals surface area contributed by atoms with Crippen molar-refractivity contribution >= 4 is 0 Å². The summed E-state index contributed by atoms with van der Waals surface area (Å²) in [4.78, 5) is 14.6. The van der Waals surface area contributed by atoms with Crippen molar-refractivity contribution in [3.8, 4) is 5.75 Å². The van der Waals surface area contributed by atoms with Crippen LogP contribution < -0.4 is 10.4 Å². The second kappa shape index (κ2) is 6.91. The first-order valence-corrected chi connectivity index (χ1v) is 9.69. The van der Waals surface area contributed by atoms with Gasteiger partial charge in [-0.15, -0.1) is 0 Å². The first-order valence-electron chi connectivity index (χ1n) is 9.69. The minimum Gasteiger partial charge on any atom is -0.490 e. The summed E-state index contributed by atoms with van der Waals surface area (Å²) in [6.07, 6.45) is 3.42. The fourth-order valence-corrected chi connectivity index (χ4v) is 4.30. The summed E-state index contributed by atoms with van der Waals surface area (Å²) in [5.74, 6) is 2.39. The van der Waals surface area contributed by atoms with Gasteiger partial charge < -0.3 is 4.74 Å². The highest BCUT2D eigenvalue weighted by atomic mass is 16.5. The molecule has 1 unspecified atom stereocenters. The van der Waals surface area contributed by atoms with Crippen LogP contribution in [0.15, 0.2) is 23.0 Å². The van der Waals surface area contributed by atoms with Crippen LogP contribution in [0, 0.1) is 0 Å². The van der Waals surface area contributed by atoms with Crippen molar-refractivity contribution in [2.24, 2.45) is 7.05 Å². The summed E-state index contributed by atoms with van der Waals surface area (Å²) >= 11 is 0. The van der Waals surface area contributed by atoms with Gasteiger partial charge in [0.05, 0.1) is 0 Å². The van der Waals surface area contributed by atoms with Gasteiger partial charge in [-0.1, -0.05) is 12.1 Å². The number of piperidine rings is 1. The molecule has 0 aliphatic carbocycles. The first kappa shape index (κ1) is 17.3. The molecule has 2 aliphatic heterocycles. The van der Waals surface area contributed by atoms with E-state index in [2.05, 4.69) is 35.1 Å². The largest absolute Gasteiger partial charge is 0.490 e. The fraction of sp³-hybridized carbons (Fsp3) is 0.600. The van der Waals surface area contributed by atoms with Crippen LogP contribution in [0.1, 0.15) is 49.6 Å². The predicted molar refractivity (Wildman–Crippen MR) is 101 cm³/mol. The van der Waals surface area contributed by atoms with E-state index in [-0.39, 0.29) is 5.69 Å². The van der Waals surface area contributed by atoms with Gasteiger partial charge in [-0.2, -0.15) is 5.10 Å². The molecule has 2 aliphatic rings. The summed E-state index contributed by atoms with van der Waals surface area (Å²) in [6.45, 7) is 7.90. The lowest BCUT2D eigenvalue weighted by atomic mass is 9.95. The van der Waals surface area contributed by atoms with E-state index in [0.29, 0.717) is 18.6 Å². The number of fused-ring (bicyclic) bond motifs is 1. The lowest BCUT2D eigenvalue weighted by Gasteiger charge is -2.31. The number of hydrogen-bond acceptors (Lipinski definition) is 4. The Kier molecular flexibility index (Phi) is 4.61. The SMILES string of the molecule is CCn1c(C2CCN(Cc3ccc4c(c3)CC(C)O4)CC2)nn(C)c1=O. The van der Waals surface area contributed by atoms with E-state index < -0.39 is 0 Å². The molecule has 6 heteroatoms. The lowest BCUT2D eigenvalue weighted by Crippen LogP contribution is -2.33. The van der Waals surface area contributed by atoms with Crippen LogP contribution in [0.5, 0.6) is 5.75 Å². The number of benzene rings is 1. The van der Waals surface area contributed by atoms with Crippen molar-refractivity contribution in [3.05, 3.63) is 45.6 Å². The van der Waals surface area contributed by atoms with Crippen LogP contribution >= 0.6 is 0 Å². The fourth-order valence-electron chi connectivity index (χ4n) is 4.30. The topological polar surface area (TPSA) is 52.3 Å². The standard InChI is InChI=1S/C20H28N4O2/c1-4-24-19(21-22(3)20(24)25)16-7-9-23(10-8-16)13-15-5-6-18-17(12-15)11-14(2)26-18/h5-6,12,14,16H,4,7-11,13H2,1-3H3. The highest BCUT2D eigenvalue weighted by molar-refractivity contribution is 5.40. The molecule has 4 rings (SSSR count). The van der Waals surface area contributed by atoms with Gasteiger partial charge in [-0.25, -0.2) is 9.48 Å². The third-order valence-corrected chi connectivity index (χ3v) is 5.67. The summed E-state index contributed by atoms with van der Waals surface area (Å²) < 4.78 is 9.09. The molecule has 0 N–H and O–H groups in total. The number of nitrogens with zero attached hydrogens (tertiary/aromatic N) is 4. The van der Waals surface area contributed by atoms with Gasteiger partial charge >= 0.3 is 5.69 Å². The van der Waals surface area contributed by atoms with Crippen LogP contribution in [0.4, 0.5) is 0 Å². The monoisotopic (exact) mass is 356 g/mol. The highest BCUT2D eigenvalue weighted by Crippen LogP contribution is 2.31. The van der Waals surface area contributed by atoms with Crippen molar-refractivity contribution in [1.82, 2.24) is 19.2 Å². The Morgan fingerprint density at radius 1 is 1.27 bits per heavy atom. The van der Waals surface area contributed by atoms with Crippen molar-refractivity contribution in [2.75, 3.05) is 13.1 Å². The predicted octanol–water partition coefficient (Wildman–Crippen LogP) is 2.30. The molecule has 6 nitrogen and oxygen atoms in total. The molecule has 1 aromatic carbocycles. The molecule has 0 radical (unpaired) electrons. The zero-order chi connectivity index (χ0) is 18.3. The van der Waals surface area contributed by atoms with Gasteiger partial charge in [0.1, 0.15) is 17.7 Å². The Balaban J connectivity index is 1.39. The molecule has 26 heavy (non-hydrogen) atoms. The highest BCUT2D eigenvalue weighted by Gasteiger charge is 2.26. The quantitative estimate of drug-likeness (QED) is 0.844. The third-order valence-electron chi connectivity index (χ3n) is 5.67. The van der Waals surface area contributed by atoms with E-state index in [0.717, 1.165) is 50.5 Å². The van der Waals surface area contributed by atoms with Crippen LogP contribution in [-0.2, 0) is 26.6 Å². The van der Waals surface area contributed by atoms with E-state index in [1.807, 2.05) is 11.5 Å². The van der Waals surface area contributed by atoms with E-state index in [1.54, 1.807) is 7.05 Å². The molecular formula is C20H28N4O2. The number of aryl methyl sites for hydroxylation is 1. The molecule has 0 spiro atoms. The summed E-state index contributed by atoms with van der Waals surface area (Å²) in [6, 6.07) is 6.61. The van der Waals surface area contributed by atoms with Crippen LogP contribution in [0.3, 0.4) is 0 Å². The van der Waals surface area contributed by atoms with Crippen molar-refractivity contribution in [2.45, 2.75) is 58.2 Å². The summed E-state index contributed by atoms with van der Waals surface area (Å²) in [5, 5.41) is 4.49. The van der Waals surface area contributed by atoms with Gasteiger partial charge in [0.15, 0.2) is 0 Å². The molecule has 0 bridgehead atoms. The van der Waals surface area contributed by atoms with Gasteiger partial charge in [-0.3, -0.25) is 9.47 Å². The van der Waals surface area contributed by atoms with E-state index in [1.165, 1.54) is 15.8 Å². The normalized spacial score (nSPS) is 21.0. The minimum atomic E-state index is -0.000446. The molecule has 3 heterocycles. The second-order valence-electron chi connectivity index (χ2n) is 7.63. The molecule has 1 atom stereocenters. The van der Waals surface area contributed by atoms with Gasteiger partial charge in [-0.05, 0) is 57.0 Å². The van der Waals surface area contributed by atoms with Crippen LogP contribution in [0.25, 0.3) is 0 Å². The molecule has 1 fully saturated rings. The Hall–Kier alpha value is -2.08. The Labute approximate surface area is 154 Å². The van der Waals surface area contributed by atoms with E-state index >= 15 is 0 Å².